The van der Waals surface area contributed by atoms with Gasteiger partial charge >= 0.3 is 11.9 Å². The molecule has 3 aromatic rings. The first-order chi connectivity index (χ1) is 18.9. The van der Waals surface area contributed by atoms with E-state index in [0.29, 0.717) is 17.0 Å². The zero-order valence-corrected chi connectivity index (χ0v) is 23.7. The summed E-state index contributed by atoms with van der Waals surface area (Å²) in [5.41, 5.74) is -0.277. The van der Waals surface area contributed by atoms with Crippen LogP contribution in [0.4, 0.5) is 5.82 Å². The van der Waals surface area contributed by atoms with Crippen molar-refractivity contribution in [2.24, 2.45) is 5.41 Å². The van der Waals surface area contributed by atoms with Crippen LogP contribution in [0.3, 0.4) is 0 Å². The summed E-state index contributed by atoms with van der Waals surface area (Å²) >= 11 is 1.10. The number of thiophene rings is 1. The van der Waals surface area contributed by atoms with E-state index < -0.39 is 34.9 Å². The van der Waals surface area contributed by atoms with Gasteiger partial charge in [-0.25, -0.2) is 14.3 Å². The Balaban J connectivity index is 1.73. The molecule has 13 heteroatoms. The lowest BCUT2D eigenvalue weighted by Gasteiger charge is -2.16. The number of nitrogens with zero attached hydrogens (tertiary/aromatic N) is 2. The first-order valence-corrected chi connectivity index (χ1v) is 13.5. The van der Waals surface area contributed by atoms with E-state index in [4.69, 9.17) is 9.47 Å². The van der Waals surface area contributed by atoms with Gasteiger partial charge in [0.15, 0.2) is 0 Å². The van der Waals surface area contributed by atoms with E-state index >= 15 is 0 Å². The van der Waals surface area contributed by atoms with Crippen molar-refractivity contribution in [1.82, 2.24) is 19.9 Å². The number of fused-ring (bicyclic) bond motifs is 1. The Bertz CT molecular complexity index is 1530. The lowest BCUT2D eigenvalue weighted by molar-refractivity contribution is -0.146. The monoisotopic (exact) mass is 569 g/mol. The number of esters is 2. The van der Waals surface area contributed by atoms with Gasteiger partial charge in [-0.2, -0.15) is 0 Å². The highest BCUT2D eigenvalue weighted by molar-refractivity contribution is 7.12. The maximum absolute atomic E-state index is 12.9. The van der Waals surface area contributed by atoms with E-state index in [2.05, 4.69) is 32.6 Å². The standard InChI is InChI=1S/C27H31N5O7S/c1-6-38-21(33)9-8-18(25(36)39-7-2)29-23(34)19-12-16(14-40-19)10-11-32-15-28-22-17(24(32)35)13-20(30-22)31-26(37)27(3,4)5/h12-15,18,30H,6-9H2,1-5H3,(H,29,34)(H,31,37)/t18-/m0/s1. The quantitative estimate of drug-likeness (QED) is 0.262. The predicted molar refractivity (Wildman–Crippen MR) is 149 cm³/mol. The van der Waals surface area contributed by atoms with Gasteiger partial charge in [-0.05, 0) is 38.3 Å². The van der Waals surface area contributed by atoms with E-state index in [9.17, 15) is 24.0 Å². The normalized spacial score (nSPS) is 11.7. The molecule has 0 saturated carbocycles. The highest BCUT2D eigenvalue weighted by Crippen LogP contribution is 2.19. The molecule has 0 saturated heterocycles. The molecule has 3 aromatic heterocycles. The Morgan fingerprint density at radius 3 is 2.55 bits per heavy atom. The van der Waals surface area contributed by atoms with Crippen molar-refractivity contribution in [3.05, 3.63) is 44.6 Å². The number of H-pyrrole nitrogens is 1. The topological polar surface area (TPSA) is 161 Å². The Morgan fingerprint density at radius 2 is 1.88 bits per heavy atom. The van der Waals surface area contributed by atoms with Crippen molar-refractivity contribution in [1.29, 1.82) is 0 Å². The van der Waals surface area contributed by atoms with Gasteiger partial charge in [-0.15, -0.1) is 11.3 Å². The van der Waals surface area contributed by atoms with E-state index in [-0.39, 0.29) is 42.2 Å². The summed E-state index contributed by atoms with van der Waals surface area (Å²) in [6.45, 7) is 8.98. The molecule has 0 aliphatic heterocycles. The summed E-state index contributed by atoms with van der Waals surface area (Å²) in [4.78, 5) is 69.3. The number of carbonyl (C=O) groups excluding carboxylic acids is 4. The van der Waals surface area contributed by atoms with Crippen LogP contribution in [0.25, 0.3) is 11.0 Å². The highest BCUT2D eigenvalue weighted by Gasteiger charge is 2.25. The minimum atomic E-state index is -1.02. The molecule has 212 valence electrons. The van der Waals surface area contributed by atoms with Crippen molar-refractivity contribution < 1.29 is 28.7 Å². The fourth-order valence-corrected chi connectivity index (χ4v) is 4.07. The van der Waals surface area contributed by atoms with Crippen LogP contribution in [-0.2, 0) is 23.9 Å². The largest absolute Gasteiger partial charge is 0.466 e. The number of amides is 2. The molecule has 3 rings (SSSR count). The minimum absolute atomic E-state index is 0.0284. The van der Waals surface area contributed by atoms with Crippen LogP contribution in [0, 0.1) is 17.4 Å². The zero-order valence-electron chi connectivity index (χ0n) is 22.9. The average molecular weight is 570 g/mol. The second-order valence-electron chi connectivity index (χ2n) is 9.63. The van der Waals surface area contributed by atoms with Crippen LogP contribution in [0.5, 0.6) is 0 Å². The Labute approximate surface area is 234 Å². The molecule has 0 aromatic carbocycles. The smallest absolute Gasteiger partial charge is 0.328 e. The van der Waals surface area contributed by atoms with Gasteiger partial charge < -0.3 is 25.1 Å². The maximum Gasteiger partial charge on any atom is 0.328 e. The molecule has 0 spiro atoms. The molecule has 0 fully saturated rings. The van der Waals surface area contributed by atoms with Gasteiger partial charge in [0.2, 0.25) is 5.91 Å². The van der Waals surface area contributed by atoms with Gasteiger partial charge in [-0.1, -0.05) is 20.8 Å². The molecule has 2 amide bonds. The number of anilines is 1. The van der Waals surface area contributed by atoms with Crippen LogP contribution >= 0.6 is 11.3 Å². The zero-order chi connectivity index (χ0) is 29.4. The summed E-state index contributed by atoms with van der Waals surface area (Å²) < 4.78 is 11.0. The van der Waals surface area contributed by atoms with Crippen LogP contribution in [0.15, 0.2) is 28.6 Å². The molecule has 0 aliphatic carbocycles. The molecule has 40 heavy (non-hydrogen) atoms. The van der Waals surface area contributed by atoms with E-state index in [1.807, 2.05) is 0 Å². The van der Waals surface area contributed by atoms with Gasteiger partial charge in [0.25, 0.3) is 11.5 Å². The number of hydrogen-bond acceptors (Lipinski definition) is 9. The third kappa shape index (κ3) is 7.79. The third-order valence-corrected chi connectivity index (χ3v) is 6.37. The first-order valence-electron chi connectivity index (χ1n) is 12.6. The number of aromatic amines is 1. The Kier molecular flexibility index (Phi) is 9.84. The van der Waals surface area contributed by atoms with Crippen LogP contribution in [-0.4, -0.2) is 57.5 Å². The van der Waals surface area contributed by atoms with Gasteiger partial charge in [0.05, 0.1) is 23.5 Å². The number of ether oxygens (including phenoxy) is 2. The van der Waals surface area contributed by atoms with Crippen LogP contribution < -0.4 is 16.2 Å². The summed E-state index contributed by atoms with van der Waals surface area (Å²) in [7, 11) is 0. The maximum atomic E-state index is 12.9. The summed E-state index contributed by atoms with van der Waals surface area (Å²) in [5, 5.41) is 7.21. The molecule has 3 N–H and O–H groups in total. The summed E-state index contributed by atoms with van der Waals surface area (Å²) in [6, 6.07) is 4.71. The SMILES string of the molecule is CCOC(=O)CC[C@H](NC(=O)c1cc(C#Cn2cnc3[nH]c(NC(=O)C(C)(C)C)cc3c2=O)cs1)C(=O)OCC. The molecule has 0 unspecified atom stereocenters. The molecule has 0 radical (unpaired) electrons. The molecule has 0 bridgehead atoms. The van der Waals surface area contributed by atoms with Crippen molar-refractivity contribution in [2.75, 3.05) is 18.5 Å². The van der Waals surface area contributed by atoms with Crippen molar-refractivity contribution >= 4 is 51.9 Å². The van der Waals surface area contributed by atoms with Gasteiger partial charge in [-0.3, -0.25) is 19.2 Å². The lowest BCUT2D eigenvalue weighted by atomic mass is 9.96. The molecule has 3 heterocycles. The number of aromatic nitrogens is 3. The number of hydrogen-bond donors (Lipinski definition) is 3. The van der Waals surface area contributed by atoms with Crippen molar-refractivity contribution in [2.45, 2.75) is 53.5 Å². The molecule has 0 aliphatic rings. The number of carbonyl (C=O) groups is 4. The minimum Gasteiger partial charge on any atom is -0.466 e. The van der Waals surface area contributed by atoms with E-state index in [1.165, 1.54) is 18.5 Å². The molecular formula is C27H31N5O7S. The predicted octanol–water partition coefficient (Wildman–Crippen LogP) is 2.63. The average Bonchev–Trinajstić information content (AvgIpc) is 3.53. The second kappa shape index (κ2) is 13.1. The van der Waals surface area contributed by atoms with Crippen LogP contribution in [0.2, 0.25) is 0 Å². The van der Waals surface area contributed by atoms with Crippen molar-refractivity contribution in [3.8, 4) is 12.0 Å². The first kappa shape index (κ1) is 30.1. The van der Waals surface area contributed by atoms with Gasteiger partial charge in [0, 0.05) is 28.8 Å². The van der Waals surface area contributed by atoms with Gasteiger partial charge in [0.1, 0.15) is 23.8 Å². The van der Waals surface area contributed by atoms with E-state index in [0.717, 1.165) is 15.9 Å². The fraction of sp³-hybridized carbons (Fsp3) is 0.407. The Hall–Kier alpha value is -4.44. The Morgan fingerprint density at radius 1 is 1.15 bits per heavy atom. The number of nitrogens with one attached hydrogen (secondary N) is 3. The second-order valence-corrected chi connectivity index (χ2v) is 10.5. The van der Waals surface area contributed by atoms with Crippen molar-refractivity contribution in [3.63, 3.8) is 0 Å². The summed E-state index contributed by atoms with van der Waals surface area (Å²) in [5.74, 6) is 1.30. The highest BCUT2D eigenvalue weighted by atomic mass is 32.1. The number of rotatable bonds is 9. The van der Waals surface area contributed by atoms with E-state index in [1.54, 1.807) is 40.0 Å². The third-order valence-electron chi connectivity index (χ3n) is 5.44. The molecule has 1 atom stereocenters. The molecular weight excluding hydrogens is 538 g/mol. The lowest BCUT2D eigenvalue weighted by Crippen LogP contribution is -2.42. The fourth-order valence-electron chi connectivity index (χ4n) is 3.33. The summed E-state index contributed by atoms with van der Waals surface area (Å²) in [6.07, 6.45) is 1.23. The van der Waals surface area contributed by atoms with Crippen LogP contribution in [0.1, 0.15) is 62.7 Å². The molecule has 12 nitrogen and oxygen atoms in total.